The molecule has 1 aromatic carbocycles. The fourth-order valence-corrected chi connectivity index (χ4v) is 1.43. The molecule has 0 aliphatic heterocycles. The Hall–Kier alpha value is -2.15. The summed E-state index contributed by atoms with van der Waals surface area (Å²) in [5.74, 6) is -1.06. The van der Waals surface area contributed by atoms with Crippen molar-refractivity contribution in [3.63, 3.8) is 0 Å². The van der Waals surface area contributed by atoms with Gasteiger partial charge in [-0.3, -0.25) is 10.1 Å². The van der Waals surface area contributed by atoms with Crippen LogP contribution in [0.25, 0.3) is 0 Å². The summed E-state index contributed by atoms with van der Waals surface area (Å²) in [6.45, 7) is 3.07. The van der Waals surface area contributed by atoms with E-state index in [9.17, 15) is 14.0 Å². The highest BCUT2D eigenvalue weighted by atomic mass is 19.1. The summed E-state index contributed by atoms with van der Waals surface area (Å²) >= 11 is 0. The maximum atomic E-state index is 13.6. The predicted octanol–water partition coefficient (Wildman–Crippen LogP) is 0.808. The normalized spacial score (nSPS) is 13.5. The monoisotopic (exact) mass is 269 g/mol. The molecule has 7 heteroatoms. The minimum Gasteiger partial charge on any atom is -0.481 e. The van der Waals surface area contributed by atoms with Gasteiger partial charge < -0.3 is 16.2 Å². The van der Waals surface area contributed by atoms with Crippen molar-refractivity contribution in [2.75, 3.05) is 0 Å². The van der Waals surface area contributed by atoms with Crippen LogP contribution < -0.4 is 21.5 Å². The van der Waals surface area contributed by atoms with Crippen LogP contribution in [0.5, 0.6) is 5.75 Å². The lowest BCUT2D eigenvalue weighted by Gasteiger charge is -2.14. The molecule has 0 aliphatic carbocycles. The van der Waals surface area contributed by atoms with Crippen LogP contribution in [0, 0.1) is 5.82 Å². The molecular formula is C12H16FN3O3. The molecule has 19 heavy (non-hydrogen) atoms. The van der Waals surface area contributed by atoms with Crippen LogP contribution in [0.15, 0.2) is 18.2 Å². The SMILES string of the molecule is CC(Oc1ccc([C@@H](C)N)c(F)c1)C(=O)NC(N)=O. The quantitative estimate of drug-likeness (QED) is 0.751. The Kier molecular flexibility index (Phi) is 4.82. The first-order valence-corrected chi connectivity index (χ1v) is 5.63. The van der Waals surface area contributed by atoms with Crippen LogP contribution in [-0.2, 0) is 4.79 Å². The van der Waals surface area contributed by atoms with E-state index in [1.165, 1.54) is 19.1 Å². The van der Waals surface area contributed by atoms with Gasteiger partial charge in [0, 0.05) is 17.7 Å². The van der Waals surface area contributed by atoms with E-state index in [4.69, 9.17) is 16.2 Å². The summed E-state index contributed by atoms with van der Waals surface area (Å²) in [5.41, 5.74) is 10.7. The summed E-state index contributed by atoms with van der Waals surface area (Å²) < 4.78 is 18.8. The van der Waals surface area contributed by atoms with Crippen molar-refractivity contribution >= 4 is 11.9 Å². The third kappa shape index (κ3) is 4.22. The molecule has 5 N–H and O–H groups in total. The van der Waals surface area contributed by atoms with Crippen LogP contribution in [0.4, 0.5) is 9.18 Å². The van der Waals surface area contributed by atoms with Crippen LogP contribution in [0.1, 0.15) is 25.5 Å². The first-order valence-electron chi connectivity index (χ1n) is 5.63. The zero-order valence-corrected chi connectivity index (χ0v) is 10.6. The molecule has 0 heterocycles. The number of ether oxygens (including phenoxy) is 1. The van der Waals surface area contributed by atoms with Gasteiger partial charge in [-0.25, -0.2) is 9.18 Å². The Labute approximate surface area is 109 Å². The van der Waals surface area contributed by atoms with Crippen molar-refractivity contribution in [1.82, 2.24) is 5.32 Å². The van der Waals surface area contributed by atoms with Crippen LogP contribution in [0.2, 0.25) is 0 Å². The van der Waals surface area contributed by atoms with Gasteiger partial charge in [0.2, 0.25) is 0 Å². The second kappa shape index (κ2) is 6.14. The van der Waals surface area contributed by atoms with Crippen molar-refractivity contribution in [2.45, 2.75) is 26.0 Å². The van der Waals surface area contributed by atoms with Crippen LogP contribution in [-0.4, -0.2) is 18.0 Å². The summed E-state index contributed by atoms with van der Waals surface area (Å²) in [4.78, 5) is 21.9. The Morgan fingerprint density at radius 2 is 2.00 bits per heavy atom. The highest BCUT2D eigenvalue weighted by Gasteiger charge is 2.17. The second-order valence-corrected chi connectivity index (χ2v) is 4.09. The van der Waals surface area contributed by atoms with Gasteiger partial charge in [-0.2, -0.15) is 0 Å². The van der Waals surface area contributed by atoms with Gasteiger partial charge in [0.25, 0.3) is 5.91 Å². The number of nitrogens with two attached hydrogens (primary N) is 2. The molecule has 0 spiro atoms. The Balaban J connectivity index is 2.75. The van der Waals surface area contributed by atoms with E-state index in [-0.39, 0.29) is 5.75 Å². The number of imide groups is 1. The summed E-state index contributed by atoms with van der Waals surface area (Å²) in [6.07, 6.45) is -0.979. The predicted molar refractivity (Wildman–Crippen MR) is 66.8 cm³/mol. The Bertz CT molecular complexity index is 491. The van der Waals surface area contributed by atoms with E-state index in [2.05, 4.69) is 0 Å². The number of hydrogen-bond donors (Lipinski definition) is 3. The summed E-state index contributed by atoms with van der Waals surface area (Å²) in [5, 5.41) is 1.87. The molecule has 1 aromatic rings. The van der Waals surface area contributed by atoms with Gasteiger partial charge >= 0.3 is 6.03 Å². The molecule has 0 aliphatic rings. The number of primary amides is 1. The standard InChI is InChI=1S/C12H16FN3O3/c1-6(14)9-4-3-8(5-10(9)13)19-7(2)11(17)16-12(15)18/h3-7H,14H2,1-2H3,(H3,15,16,17,18)/t6-,7?/m1/s1. The molecule has 6 nitrogen and oxygen atoms in total. The van der Waals surface area contributed by atoms with Crippen molar-refractivity contribution in [3.8, 4) is 5.75 Å². The minimum atomic E-state index is -0.979. The molecule has 2 atom stereocenters. The summed E-state index contributed by atoms with van der Waals surface area (Å²) in [6, 6.07) is 2.69. The number of halogens is 1. The first kappa shape index (κ1) is 14.9. The number of nitrogens with one attached hydrogen (secondary N) is 1. The van der Waals surface area contributed by atoms with Gasteiger partial charge in [0.05, 0.1) is 0 Å². The number of carbonyl (C=O) groups excluding carboxylic acids is 2. The lowest BCUT2D eigenvalue weighted by Crippen LogP contribution is -2.42. The van der Waals surface area contributed by atoms with E-state index in [0.717, 1.165) is 6.07 Å². The Morgan fingerprint density at radius 1 is 1.37 bits per heavy atom. The van der Waals surface area contributed by atoms with Gasteiger partial charge in [0.15, 0.2) is 6.10 Å². The summed E-state index contributed by atoms with van der Waals surface area (Å²) in [7, 11) is 0. The number of urea groups is 1. The number of carbonyl (C=O) groups is 2. The van der Waals surface area contributed by atoms with E-state index < -0.39 is 29.9 Å². The van der Waals surface area contributed by atoms with Crippen molar-refractivity contribution < 1.29 is 18.7 Å². The van der Waals surface area contributed by atoms with Gasteiger partial charge in [0.1, 0.15) is 11.6 Å². The maximum absolute atomic E-state index is 13.6. The van der Waals surface area contributed by atoms with Crippen LogP contribution >= 0.6 is 0 Å². The molecule has 3 amide bonds. The van der Waals surface area contributed by atoms with Crippen molar-refractivity contribution in [1.29, 1.82) is 0 Å². The van der Waals surface area contributed by atoms with Gasteiger partial charge in [-0.1, -0.05) is 6.07 Å². The molecule has 0 saturated heterocycles. The fraction of sp³-hybridized carbons (Fsp3) is 0.333. The first-order chi connectivity index (χ1) is 8.81. The van der Waals surface area contributed by atoms with Crippen molar-refractivity contribution in [2.24, 2.45) is 11.5 Å². The third-order valence-corrected chi connectivity index (χ3v) is 2.39. The molecule has 0 saturated carbocycles. The lowest BCUT2D eigenvalue weighted by atomic mass is 10.1. The molecule has 0 bridgehead atoms. The maximum Gasteiger partial charge on any atom is 0.318 e. The molecular weight excluding hydrogens is 253 g/mol. The number of hydrogen-bond acceptors (Lipinski definition) is 4. The minimum absolute atomic E-state index is 0.161. The van der Waals surface area contributed by atoms with E-state index in [0.29, 0.717) is 5.56 Å². The molecule has 104 valence electrons. The molecule has 0 radical (unpaired) electrons. The van der Waals surface area contributed by atoms with Crippen LogP contribution in [0.3, 0.4) is 0 Å². The number of benzene rings is 1. The molecule has 0 aromatic heterocycles. The van der Waals surface area contributed by atoms with E-state index in [1.807, 2.05) is 5.32 Å². The average Bonchev–Trinajstić information content (AvgIpc) is 2.27. The smallest absolute Gasteiger partial charge is 0.318 e. The number of amides is 3. The van der Waals surface area contributed by atoms with Crippen molar-refractivity contribution in [3.05, 3.63) is 29.6 Å². The number of rotatable bonds is 4. The fourth-order valence-electron chi connectivity index (χ4n) is 1.43. The topological polar surface area (TPSA) is 107 Å². The average molecular weight is 269 g/mol. The van der Waals surface area contributed by atoms with E-state index >= 15 is 0 Å². The second-order valence-electron chi connectivity index (χ2n) is 4.09. The molecule has 0 fully saturated rings. The zero-order valence-electron chi connectivity index (χ0n) is 10.6. The third-order valence-electron chi connectivity index (χ3n) is 2.39. The van der Waals surface area contributed by atoms with Gasteiger partial charge in [-0.15, -0.1) is 0 Å². The highest BCUT2D eigenvalue weighted by Crippen LogP contribution is 2.21. The molecule has 1 unspecified atom stereocenters. The van der Waals surface area contributed by atoms with Gasteiger partial charge in [-0.05, 0) is 19.9 Å². The zero-order chi connectivity index (χ0) is 14.6. The largest absolute Gasteiger partial charge is 0.481 e. The highest BCUT2D eigenvalue weighted by molar-refractivity contribution is 5.95. The lowest BCUT2D eigenvalue weighted by molar-refractivity contribution is -0.126. The van der Waals surface area contributed by atoms with E-state index in [1.54, 1.807) is 6.92 Å². The Morgan fingerprint density at radius 3 is 2.47 bits per heavy atom. The molecule has 1 rings (SSSR count).